The van der Waals surface area contributed by atoms with Gasteiger partial charge in [0.15, 0.2) is 0 Å². The summed E-state index contributed by atoms with van der Waals surface area (Å²) in [4.78, 5) is 16.4. The van der Waals surface area contributed by atoms with Crippen molar-refractivity contribution in [2.75, 3.05) is 14.2 Å². The fraction of sp³-hybridized carbons (Fsp3) is 0.364. The van der Waals surface area contributed by atoms with Crippen LogP contribution in [0.2, 0.25) is 0 Å². The summed E-state index contributed by atoms with van der Waals surface area (Å²) in [6.45, 7) is 2.03. The molecule has 8 nitrogen and oxygen atoms in total. The van der Waals surface area contributed by atoms with Crippen molar-refractivity contribution in [1.82, 2.24) is 20.5 Å². The maximum absolute atomic E-state index is 12.4. The van der Waals surface area contributed by atoms with E-state index in [-0.39, 0.29) is 18.4 Å². The predicted molar refractivity (Wildman–Crippen MR) is 110 cm³/mol. The molecule has 1 aromatic carbocycles. The summed E-state index contributed by atoms with van der Waals surface area (Å²) in [5.41, 5.74) is 1.92. The van der Waals surface area contributed by atoms with Gasteiger partial charge in [-0.3, -0.25) is 9.78 Å². The van der Waals surface area contributed by atoms with Gasteiger partial charge in [-0.25, -0.2) is 0 Å². The molecule has 8 heteroatoms. The highest BCUT2D eigenvalue weighted by Gasteiger charge is 2.15. The number of hydrogen-bond donors (Lipinski definition) is 1. The minimum Gasteiger partial charge on any atom is -0.497 e. The Balaban J connectivity index is 1.56. The number of benzene rings is 1. The van der Waals surface area contributed by atoms with E-state index >= 15 is 0 Å². The first kappa shape index (κ1) is 21.3. The average molecular weight is 410 g/mol. The summed E-state index contributed by atoms with van der Waals surface area (Å²) >= 11 is 0. The molecule has 1 atom stereocenters. The Hall–Kier alpha value is -3.42. The molecule has 30 heavy (non-hydrogen) atoms. The van der Waals surface area contributed by atoms with Crippen LogP contribution in [0.15, 0.2) is 47.1 Å². The van der Waals surface area contributed by atoms with E-state index < -0.39 is 0 Å². The minimum atomic E-state index is -0.0622. The number of carbonyl (C=O) groups excluding carboxylic acids is 1. The van der Waals surface area contributed by atoms with Gasteiger partial charge in [0.2, 0.25) is 17.7 Å². The number of aromatic nitrogens is 3. The number of pyridine rings is 1. The number of rotatable bonds is 10. The number of hydrogen-bond acceptors (Lipinski definition) is 7. The smallest absolute Gasteiger partial charge is 0.221 e. The third-order valence-electron chi connectivity index (χ3n) is 4.76. The SMILES string of the molecule is CC[C@@H](NC(=O)CCc1nnc(Cc2cc(OC)ccc2OC)o1)c1ccncc1. The molecule has 0 radical (unpaired) electrons. The number of methoxy groups -OCH3 is 2. The lowest BCUT2D eigenvalue weighted by Crippen LogP contribution is -2.28. The lowest BCUT2D eigenvalue weighted by molar-refractivity contribution is -0.121. The Morgan fingerprint density at radius 1 is 1.10 bits per heavy atom. The number of nitrogens with zero attached hydrogens (tertiary/aromatic N) is 3. The maximum atomic E-state index is 12.4. The minimum absolute atomic E-state index is 0.0423. The van der Waals surface area contributed by atoms with E-state index in [0.717, 1.165) is 29.0 Å². The lowest BCUT2D eigenvalue weighted by atomic mass is 10.1. The standard InChI is InChI=1S/C22H26N4O4/c1-4-18(15-9-11-23-12-10-15)24-20(27)7-8-21-25-26-22(30-21)14-16-13-17(28-2)5-6-19(16)29-3/h5-6,9-13,18H,4,7-8,14H2,1-3H3,(H,24,27)/t18-/m1/s1. The molecule has 0 saturated heterocycles. The Bertz CT molecular complexity index is 959. The summed E-state index contributed by atoms with van der Waals surface area (Å²) in [5.74, 6) is 2.27. The molecule has 0 unspecified atom stereocenters. The number of aryl methyl sites for hydroxylation is 1. The third kappa shape index (κ3) is 5.56. The molecule has 0 aliphatic carbocycles. The van der Waals surface area contributed by atoms with Crippen LogP contribution in [-0.4, -0.2) is 35.3 Å². The van der Waals surface area contributed by atoms with Gasteiger partial charge >= 0.3 is 0 Å². The summed E-state index contributed by atoms with van der Waals surface area (Å²) in [6, 6.07) is 9.31. The second-order valence-electron chi connectivity index (χ2n) is 6.75. The molecule has 158 valence electrons. The van der Waals surface area contributed by atoms with Crippen molar-refractivity contribution in [2.24, 2.45) is 0 Å². The molecular weight excluding hydrogens is 384 g/mol. The van der Waals surface area contributed by atoms with Crippen LogP contribution in [0.1, 0.15) is 48.7 Å². The monoisotopic (exact) mass is 410 g/mol. The van der Waals surface area contributed by atoms with Crippen molar-refractivity contribution < 1.29 is 18.7 Å². The molecule has 3 rings (SSSR count). The average Bonchev–Trinajstić information content (AvgIpc) is 3.23. The molecule has 0 aliphatic rings. The van der Waals surface area contributed by atoms with Crippen molar-refractivity contribution in [1.29, 1.82) is 0 Å². The van der Waals surface area contributed by atoms with E-state index in [2.05, 4.69) is 20.5 Å². The first-order valence-corrected chi connectivity index (χ1v) is 9.84. The highest BCUT2D eigenvalue weighted by Crippen LogP contribution is 2.26. The molecule has 0 spiro atoms. The molecule has 0 saturated carbocycles. The second kappa shape index (κ2) is 10.4. The first-order chi connectivity index (χ1) is 14.6. The Labute approximate surface area is 175 Å². The lowest BCUT2D eigenvalue weighted by Gasteiger charge is -2.16. The van der Waals surface area contributed by atoms with Gasteiger partial charge in [0.05, 0.1) is 26.7 Å². The van der Waals surface area contributed by atoms with Crippen LogP contribution in [0, 0.1) is 0 Å². The van der Waals surface area contributed by atoms with Crippen LogP contribution in [0.25, 0.3) is 0 Å². The highest BCUT2D eigenvalue weighted by atomic mass is 16.5. The van der Waals surface area contributed by atoms with E-state index in [1.165, 1.54) is 0 Å². The summed E-state index contributed by atoms with van der Waals surface area (Å²) < 4.78 is 16.4. The van der Waals surface area contributed by atoms with Crippen molar-refractivity contribution in [2.45, 2.75) is 38.6 Å². The maximum Gasteiger partial charge on any atom is 0.221 e. The van der Waals surface area contributed by atoms with Gasteiger partial charge in [0, 0.05) is 30.8 Å². The normalized spacial score (nSPS) is 11.7. The van der Waals surface area contributed by atoms with Crippen LogP contribution in [-0.2, 0) is 17.6 Å². The zero-order valence-electron chi connectivity index (χ0n) is 17.4. The third-order valence-corrected chi connectivity index (χ3v) is 4.76. The molecule has 0 fully saturated rings. The fourth-order valence-electron chi connectivity index (χ4n) is 3.15. The van der Waals surface area contributed by atoms with Gasteiger partial charge in [0.25, 0.3) is 0 Å². The number of carbonyl (C=O) groups is 1. The van der Waals surface area contributed by atoms with E-state index in [1.54, 1.807) is 26.6 Å². The van der Waals surface area contributed by atoms with Crippen LogP contribution < -0.4 is 14.8 Å². The van der Waals surface area contributed by atoms with Gasteiger partial charge in [-0.05, 0) is 42.3 Å². The van der Waals surface area contributed by atoms with E-state index in [0.29, 0.717) is 24.6 Å². The van der Waals surface area contributed by atoms with Gasteiger partial charge in [-0.1, -0.05) is 6.92 Å². The largest absolute Gasteiger partial charge is 0.497 e. The Morgan fingerprint density at radius 3 is 2.57 bits per heavy atom. The second-order valence-corrected chi connectivity index (χ2v) is 6.75. The number of ether oxygens (including phenoxy) is 2. The van der Waals surface area contributed by atoms with Crippen LogP contribution >= 0.6 is 0 Å². The molecule has 1 amide bonds. The molecule has 0 aliphatic heterocycles. The van der Waals surface area contributed by atoms with Crippen molar-refractivity contribution in [3.63, 3.8) is 0 Å². The zero-order valence-corrected chi connectivity index (χ0v) is 17.4. The molecular formula is C22H26N4O4. The fourth-order valence-corrected chi connectivity index (χ4v) is 3.15. The molecule has 2 aromatic heterocycles. The molecule has 1 N–H and O–H groups in total. The number of nitrogens with one attached hydrogen (secondary N) is 1. The van der Waals surface area contributed by atoms with Crippen molar-refractivity contribution in [3.05, 3.63) is 65.6 Å². The van der Waals surface area contributed by atoms with Crippen LogP contribution in [0.3, 0.4) is 0 Å². The Kier molecular flexibility index (Phi) is 7.37. The van der Waals surface area contributed by atoms with E-state index in [4.69, 9.17) is 13.9 Å². The van der Waals surface area contributed by atoms with Crippen molar-refractivity contribution >= 4 is 5.91 Å². The number of amides is 1. The molecule has 0 bridgehead atoms. The first-order valence-electron chi connectivity index (χ1n) is 9.84. The van der Waals surface area contributed by atoms with Gasteiger partial charge < -0.3 is 19.2 Å². The van der Waals surface area contributed by atoms with Crippen LogP contribution in [0.4, 0.5) is 0 Å². The van der Waals surface area contributed by atoms with Gasteiger partial charge in [-0.2, -0.15) is 0 Å². The van der Waals surface area contributed by atoms with E-state index in [9.17, 15) is 4.79 Å². The summed E-state index contributed by atoms with van der Waals surface area (Å²) in [7, 11) is 3.22. The zero-order chi connectivity index (χ0) is 21.3. The Morgan fingerprint density at radius 2 is 1.87 bits per heavy atom. The molecule has 3 aromatic rings. The molecule has 2 heterocycles. The highest BCUT2D eigenvalue weighted by molar-refractivity contribution is 5.76. The summed E-state index contributed by atoms with van der Waals surface area (Å²) in [6.07, 6.45) is 5.30. The quantitative estimate of drug-likeness (QED) is 0.547. The van der Waals surface area contributed by atoms with E-state index in [1.807, 2.05) is 37.3 Å². The van der Waals surface area contributed by atoms with Gasteiger partial charge in [-0.15, -0.1) is 10.2 Å². The predicted octanol–water partition coefficient (Wildman–Crippen LogP) is 3.27. The topological polar surface area (TPSA) is 99.4 Å². The van der Waals surface area contributed by atoms with Gasteiger partial charge in [0.1, 0.15) is 11.5 Å². The summed E-state index contributed by atoms with van der Waals surface area (Å²) in [5, 5.41) is 11.2. The van der Waals surface area contributed by atoms with Crippen molar-refractivity contribution in [3.8, 4) is 11.5 Å². The van der Waals surface area contributed by atoms with Crippen LogP contribution in [0.5, 0.6) is 11.5 Å².